The van der Waals surface area contributed by atoms with Crippen molar-refractivity contribution in [3.8, 4) is 0 Å². The van der Waals surface area contributed by atoms with Crippen molar-refractivity contribution in [1.29, 1.82) is 0 Å². The molecule has 0 aliphatic heterocycles. The van der Waals surface area contributed by atoms with Gasteiger partial charge in [-0.3, -0.25) is 0 Å². The highest BCUT2D eigenvalue weighted by Gasteiger charge is 2.19. The first-order valence-electron chi connectivity index (χ1n) is 9.00. The van der Waals surface area contributed by atoms with Gasteiger partial charge in [0.05, 0.1) is 12.5 Å². The van der Waals surface area contributed by atoms with Crippen LogP contribution >= 0.6 is 24.0 Å². The van der Waals surface area contributed by atoms with Crippen molar-refractivity contribution in [3.05, 3.63) is 17.8 Å². The van der Waals surface area contributed by atoms with E-state index in [2.05, 4.69) is 41.4 Å². The fourth-order valence-electron chi connectivity index (χ4n) is 2.24. The van der Waals surface area contributed by atoms with Gasteiger partial charge in [-0.2, -0.15) is 0 Å². The van der Waals surface area contributed by atoms with Crippen LogP contribution in [0.5, 0.6) is 0 Å². The Hall–Kier alpha value is -0.880. The third-order valence-electron chi connectivity index (χ3n) is 3.71. The van der Waals surface area contributed by atoms with Crippen LogP contribution in [-0.4, -0.2) is 56.1 Å². The molecule has 2 N–H and O–H groups in total. The topological polar surface area (TPSA) is 99.8 Å². The maximum absolute atomic E-state index is 11.6. The van der Waals surface area contributed by atoms with Gasteiger partial charge in [0.25, 0.3) is 0 Å². The van der Waals surface area contributed by atoms with Gasteiger partial charge in [0, 0.05) is 31.6 Å². The molecule has 0 amide bonds. The minimum atomic E-state index is -3.14. The summed E-state index contributed by atoms with van der Waals surface area (Å²) in [5.41, 5.74) is -0.0809. The van der Waals surface area contributed by atoms with Gasteiger partial charge in [-0.05, 0) is 13.3 Å². The molecule has 0 aliphatic carbocycles. The predicted molar refractivity (Wildman–Crippen MR) is 120 cm³/mol. The number of sulfonamides is 1. The largest absolute Gasteiger partial charge is 0.443 e. The molecule has 0 spiro atoms. The minimum absolute atomic E-state index is 0. The lowest BCUT2D eigenvalue weighted by atomic mass is 9.94. The molecule has 1 aromatic rings. The van der Waals surface area contributed by atoms with Gasteiger partial charge in [-0.1, -0.05) is 27.7 Å². The van der Waals surface area contributed by atoms with Crippen molar-refractivity contribution in [2.24, 2.45) is 4.99 Å². The average Bonchev–Trinajstić information content (AvgIpc) is 3.00. The molecule has 158 valence electrons. The highest BCUT2D eigenvalue weighted by atomic mass is 127. The van der Waals surface area contributed by atoms with Gasteiger partial charge < -0.3 is 15.1 Å². The van der Waals surface area contributed by atoms with Crippen molar-refractivity contribution >= 4 is 40.0 Å². The maximum atomic E-state index is 11.6. The number of aromatic nitrogens is 1. The van der Waals surface area contributed by atoms with E-state index in [4.69, 9.17) is 4.42 Å². The van der Waals surface area contributed by atoms with E-state index in [1.807, 2.05) is 13.8 Å². The highest BCUT2D eigenvalue weighted by molar-refractivity contribution is 14.0. The molecule has 27 heavy (non-hydrogen) atoms. The molecule has 8 nitrogen and oxygen atoms in total. The Labute approximate surface area is 180 Å². The lowest BCUT2D eigenvalue weighted by Crippen LogP contribution is -2.39. The predicted octanol–water partition coefficient (Wildman–Crippen LogP) is 2.32. The van der Waals surface area contributed by atoms with Crippen LogP contribution in [-0.2, 0) is 22.0 Å². The third-order valence-corrected chi connectivity index (χ3v) is 5.09. The van der Waals surface area contributed by atoms with Gasteiger partial charge >= 0.3 is 0 Å². The fraction of sp³-hybridized carbons (Fsp3) is 0.765. The van der Waals surface area contributed by atoms with Crippen LogP contribution in [0.2, 0.25) is 0 Å². The highest BCUT2D eigenvalue weighted by Crippen LogP contribution is 2.22. The quantitative estimate of drug-likeness (QED) is 0.227. The normalized spacial score (nSPS) is 12.8. The minimum Gasteiger partial charge on any atom is -0.443 e. The molecule has 10 heteroatoms. The lowest BCUT2D eigenvalue weighted by Gasteiger charge is -2.18. The van der Waals surface area contributed by atoms with Gasteiger partial charge in [0.1, 0.15) is 12.3 Å². The molecule has 0 radical (unpaired) electrons. The first-order valence-corrected chi connectivity index (χ1v) is 10.8. The molecule has 1 rings (SSSR count). The zero-order valence-corrected chi connectivity index (χ0v) is 20.3. The monoisotopic (exact) mass is 515 g/mol. The first-order chi connectivity index (χ1) is 12.1. The Morgan fingerprint density at radius 2 is 1.96 bits per heavy atom. The van der Waals surface area contributed by atoms with Crippen LogP contribution in [0.1, 0.15) is 52.7 Å². The van der Waals surface area contributed by atoms with E-state index in [0.717, 1.165) is 12.3 Å². The van der Waals surface area contributed by atoms with Crippen molar-refractivity contribution in [1.82, 2.24) is 19.9 Å². The number of nitrogens with zero attached hydrogens (tertiary/aromatic N) is 3. The summed E-state index contributed by atoms with van der Waals surface area (Å²) in [7, 11) is -3.14. The average molecular weight is 515 g/mol. The van der Waals surface area contributed by atoms with Crippen LogP contribution in [0, 0.1) is 0 Å². The summed E-state index contributed by atoms with van der Waals surface area (Å²) in [5, 5.41) is 6.37. The lowest BCUT2D eigenvalue weighted by molar-refractivity contribution is 0.383. The van der Waals surface area contributed by atoms with E-state index >= 15 is 0 Å². The summed E-state index contributed by atoms with van der Waals surface area (Å²) in [6.45, 7) is 12.7. The molecular formula is C17H34IN5O3S. The second-order valence-corrected chi connectivity index (χ2v) is 9.08. The number of nitrogens with one attached hydrogen (secondary N) is 2. The van der Waals surface area contributed by atoms with Crippen molar-refractivity contribution in [3.63, 3.8) is 0 Å². The number of halogens is 1. The van der Waals surface area contributed by atoms with Crippen LogP contribution in [0.15, 0.2) is 15.6 Å². The van der Waals surface area contributed by atoms with E-state index in [0.29, 0.717) is 44.5 Å². The van der Waals surface area contributed by atoms with Crippen molar-refractivity contribution in [2.45, 2.75) is 53.0 Å². The Bertz CT molecular complexity index is 683. The number of guanidine groups is 1. The summed E-state index contributed by atoms with van der Waals surface area (Å²) in [4.78, 5) is 8.74. The summed E-state index contributed by atoms with van der Waals surface area (Å²) in [5.74, 6) is 2.06. The summed E-state index contributed by atoms with van der Waals surface area (Å²) >= 11 is 0. The second kappa shape index (κ2) is 11.8. The molecule has 0 aliphatic rings. The standard InChI is InChI=1S/C17H33N5O3S.HI/c1-7-18-16(19-10-9-11-22(8-2)26(6,23)24)21-13-15-20-12-14(25-15)17(3,4)5;/h12H,7-11,13H2,1-6H3,(H2,18,19,21);1H. The van der Waals surface area contributed by atoms with Crippen molar-refractivity contribution in [2.75, 3.05) is 32.4 Å². The number of oxazole rings is 1. The summed E-state index contributed by atoms with van der Waals surface area (Å²) in [6.07, 6.45) is 3.67. The molecule has 0 bridgehead atoms. The fourth-order valence-corrected chi connectivity index (χ4v) is 3.17. The smallest absolute Gasteiger partial charge is 0.216 e. The number of rotatable bonds is 9. The third kappa shape index (κ3) is 9.74. The van der Waals surface area contributed by atoms with Gasteiger partial charge in [0.2, 0.25) is 15.9 Å². The molecule has 1 aromatic heterocycles. The molecular weight excluding hydrogens is 481 g/mol. The van der Waals surface area contributed by atoms with E-state index in [1.165, 1.54) is 10.6 Å². The van der Waals surface area contributed by atoms with E-state index in [9.17, 15) is 8.42 Å². The number of hydrogen-bond acceptors (Lipinski definition) is 5. The van der Waals surface area contributed by atoms with Crippen LogP contribution < -0.4 is 10.6 Å². The second-order valence-electron chi connectivity index (χ2n) is 7.10. The Balaban J connectivity index is 0.00000676. The van der Waals surface area contributed by atoms with E-state index < -0.39 is 10.0 Å². The van der Waals surface area contributed by atoms with E-state index in [-0.39, 0.29) is 29.4 Å². The van der Waals surface area contributed by atoms with Gasteiger partial charge in [0.15, 0.2) is 5.96 Å². The van der Waals surface area contributed by atoms with Crippen molar-refractivity contribution < 1.29 is 12.8 Å². The van der Waals surface area contributed by atoms with E-state index in [1.54, 1.807) is 6.20 Å². The molecule has 0 saturated carbocycles. The Morgan fingerprint density at radius 3 is 2.44 bits per heavy atom. The molecule has 0 unspecified atom stereocenters. The Morgan fingerprint density at radius 1 is 1.30 bits per heavy atom. The molecule has 0 aromatic carbocycles. The SMILES string of the molecule is CCNC(=NCc1ncc(C(C)(C)C)o1)NCCCN(CC)S(C)(=O)=O.I. The zero-order chi connectivity index (χ0) is 19.8. The van der Waals surface area contributed by atoms with Crippen LogP contribution in [0.25, 0.3) is 0 Å². The summed E-state index contributed by atoms with van der Waals surface area (Å²) in [6, 6.07) is 0. The molecule has 0 atom stereocenters. The van der Waals surface area contributed by atoms with Crippen LogP contribution in [0.3, 0.4) is 0 Å². The first kappa shape index (κ1) is 26.1. The number of hydrogen-bond donors (Lipinski definition) is 2. The maximum Gasteiger partial charge on any atom is 0.216 e. The van der Waals surface area contributed by atoms with Gasteiger partial charge in [-0.25, -0.2) is 22.7 Å². The summed E-state index contributed by atoms with van der Waals surface area (Å²) < 4.78 is 30.4. The molecule has 0 fully saturated rings. The van der Waals surface area contributed by atoms with Crippen LogP contribution in [0.4, 0.5) is 0 Å². The molecule has 0 saturated heterocycles. The Kier molecular flexibility index (Phi) is 11.5. The molecule has 1 heterocycles. The number of aliphatic imine (C=N–C) groups is 1. The van der Waals surface area contributed by atoms with Gasteiger partial charge in [-0.15, -0.1) is 24.0 Å². The zero-order valence-electron chi connectivity index (χ0n) is 17.2.